The minimum absolute atomic E-state index is 0.194. The summed E-state index contributed by atoms with van der Waals surface area (Å²) in [5, 5.41) is 3.92. The van der Waals surface area contributed by atoms with Crippen LogP contribution in [0.4, 0.5) is 5.69 Å². The predicted octanol–water partition coefficient (Wildman–Crippen LogP) is 2.01. The number of anilines is 1. The number of nitrogens with one attached hydrogen (secondary N) is 1. The highest BCUT2D eigenvalue weighted by atomic mass is 35.5. The van der Waals surface area contributed by atoms with Crippen LogP contribution in [-0.2, 0) is 4.79 Å². The second-order valence-corrected chi connectivity index (χ2v) is 5.56. The molecule has 0 aliphatic carbocycles. The molecule has 1 atom stereocenters. The number of carbonyl (C=O) groups is 1. The zero-order valence-electron chi connectivity index (χ0n) is 10.6. The van der Waals surface area contributed by atoms with Crippen molar-refractivity contribution in [3.05, 3.63) is 28.8 Å². The summed E-state index contributed by atoms with van der Waals surface area (Å²) >= 11 is 11.0. The van der Waals surface area contributed by atoms with Gasteiger partial charge in [0, 0.05) is 37.3 Å². The molecule has 4 nitrogen and oxygen atoms in total. The lowest BCUT2D eigenvalue weighted by atomic mass is 10.1. The Kier molecular flexibility index (Phi) is 4.27. The fourth-order valence-electron chi connectivity index (χ4n) is 2.17. The van der Waals surface area contributed by atoms with E-state index in [1.807, 2.05) is 25.2 Å². The van der Waals surface area contributed by atoms with E-state index in [0.717, 1.165) is 12.1 Å². The molecular formula is C13H16ClN3OS. The molecule has 1 aromatic carbocycles. The van der Waals surface area contributed by atoms with Gasteiger partial charge in [0.1, 0.15) is 4.99 Å². The molecule has 0 aromatic heterocycles. The number of hydrogen-bond donors (Lipinski definition) is 2. The third-order valence-corrected chi connectivity index (χ3v) is 3.76. The molecule has 0 saturated carbocycles. The van der Waals surface area contributed by atoms with Gasteiger partial charge in [0.25, 0.3) is 0 Å². The normalized spacial score (nSPS) is 19.4. The van der Waals surface area contributed by atoms with Gasteiger partial charge in [-0.05, 0) is 24.6 Å². The van der Waals surface area contributed by atoms with E-state index in [1.165, 1.54) is 0 Å². The number of benzene rings is 1. The predicted molar refractivity (Wildman–Crippen MR) is 81.6 cm³/mol. The summed E-state index contributed by atoms with van der Waals surface area (Å²) in [5.41, 5.74) is 7.16. The summed E-state index contributed by atoms with van der Waals surface area (Å²) < 4.78 is 0. The van der Waals surface area contributed by atoms with Gasteiger partial charge in [-0.1, -0.05) is 23.8 Å². The number of amides is 1. The lowest BCUT2D eigenvalue weighted by Crippen LogP contribution is -2.43. The van der Waals surface area contributed by atoms with Crippen molar-refractivity contribution in [1.29, 1.82) is 0 Å². The Morgan fingerprint density at radius 1 is 1.58 bits per heavy atom. The number of carbonyl (C=O) groups excluding carboxylic acids is 1. The second kappa shape index (κ2) is 5.75. The monoisotopic (exact) mass is 297 g/mol. The maximum atomic E-state index is 11.4. The Labute approximate surface area is 122 Å². The molecule has 1 heterocycles. The van der Waals surface area contributed by atoms with Gasteiger partial charge < -0.3 is 16.0 Å². The zero-order valence-corrected chi connectivity index (χ0v) is 12.2. The Bertz CT molecular complexity index is 521. The molecule has 0 spiro atoms. The number of piperidine rings is 1. The number of thiocarbonyl (C=S) groups is 1. The molecule has 1 fully saturated rings. The first kappa shape index (κ1) is 14.1. The largest absolute Gasteiger partial charge is 0.389 e. The van der Waals surface area contributed by atoms with E-state index >= 15 is 0 Å². The van der Waals surface area contributed by atoms with E-state index in [1.54, 1.807) is 4.90 Å². The molecular weight excluding hydrogens is 282 g/mol. The van der Waals surface area contributed by atoms with Crippen molar-refractivity contribution >= 4 is 40.4 Å². The summed E-state index contributed by atoms with van der Waals surface area (Å²) in [4.78, 5) is 13.4. The number of hydrogen-bond acceptors (Lipinski definition) is 3. The maximum Gasteiger partial charge on any atom is 0.222 e. The van der Waals surface area contributed by atoms with Crippen molar-refractivity contribution in [2.45, 2.75) is 18.9 Å². The van der Waals surface area contributed by atoms with Gasteiger partial charge in [0.2, 0.25) is 5.91 Å². The molecule has 1 saturated heterocycles. The highest BCUT2D eigenvalue weighted by Gasteiger charge is 2.22. The van der Waals surface area contributed by atoms with Crippen LogP contribution in [0, 0.1) is 0 Å². The number of rotatable bonds is 3. The molecule has 1 amide bonds. The van der Waals surface area contributed by atoms with Crippen LogP contribution in [0.5, 0.6) is 0 Å². The van der Waals surface area contributed by atoms with Crippen molar-refractivity contribution in [3.8, 4) is 0 Å². The second-order valence-electron chi connectivity index (χ2n) is 4.71. The van der Waals surface area contributed by atoms with Crippen molar-refractivity contribution in [2.24, 2.45) is 5.73 Å². The summed E-state index contributed by atoms with van der Waals surface area (Å²) in [6.45, 7) is 0.702. The van der Waals surface area contributed by atoms with Crippen molar-refractivity contribution in [2.75, 3.05) is 18.9 Å². The van der Waals surface area contributed by atoms with Crippen LogP contribution in [0.15, 0.2) is 18.2 Å². The molecule has 0 radical (unpaired) electrons. The summed E-state index contributed by atoms with van der Waals surface area (Å²) in [6, 6.07) is 5.77. The van der Waals surface area contributed by atoms with Crippen molar-refractivity contribution < 1.29 is 4.79 Å². The maximum absolute atomic E-state index is 11.4. The smallest absolute Gasteiger partial charge is 0.222 e. The van der Waals surface area contributed by atoms with E-state index in [2.05, 4.69) is 5.32 Å². The van der Waals surface area contributed by atoms with Crippen LogP contribution >= 0.6 is 23.8 Å². The number of nitrogens with zero attached hydrogens (tertiary/aromatic N) is 1. The van der Waals surface area contributed by atoms with E-state index in [-0.39, 0.29) is 11.9 Å². The lowest BCUT2D eigenvalue weighted by molar-refractivity contribution is -0.132. The van der Waals surface area contributed by atoms with Crippen LogP contribution in [0.1, 0.15) is 18.4 Å². The van der Waals surface area contributed by atoms with Gasteiger partial charge in [-0.3, -0.25) is 4.79 Å². The van der Waals surface area contributed by atoms with Gasteiger partial charge in [0.15, 0.2) is 0 Å². The number of nitrogens with two attached hydrogens (primary N) is 1. The van der Waals surface area contributed by atoms with Crippen LogP contribution in [0.2, 0.25) is 5.02 Å². The quantitative estimate of drug-likeness (QED) is 0.838. The molecule has 1 aliphatic rings. The molecule has 3 N–H and O–H groups in total. The van der Waals surface area contributed by atoms with Crippen LogP contribution in [-0.4, -0.2) is 35.4 Å². The average molecular weight is 298 g/mol. The molecule has 2 rings (SSSR count). The molecule has 1 aliphatic heterocycles. The third kappa shape index (κ3) is 3.36. The molecule has 102 valence electrons. The average Bonchev–Trinajstić information content (AvgIpc) is 2.33. The molecule has 6 heteroatoms. The zero-order chi connectivity index (χ0) is 14.0. The molecule has 1 unspecified atom stereocenters. The fraction of sp³-hybridized carbons (Fsp3) is 0.385. The molecule has 19 heavy (non-hydrogen) atoms. The first-order valence-electron chi connectivity index (χ1n) is 6.07. The first-order chi connectivity index (χ1) is 8.97. The lowest BCUT2D eigenvalue weighted by Gasteiger charge is -2.30. The van der Waals surface area contributed by atoms with E-state index in [0.29, 0.717) is 28.5 Å². The van der Waals surface area contributed by atoms with Crippen LogP contribution in [0.3, 0.4) is 0 Å². The third-order valence-electron chi connectivity index (χ3n) is 3.23. The highest BCUT2D eigenvalue weighted by molar-refractivity contribution is 7.80. The molecule has 0 bridgehead atoms. The van der Waals surface area contributed by atoms with Crippen molar-refractivity contribution in [1.82, 2.24) is 4.90 Å². The number of likely N-dealkylation sites (tertiary alicyclic amines) is 1. The minimum Gasteiger partial charge on any atom is -0.389 e. The van der Waals surface area contributed by atoms with Gasteiger partial charge in [-0.25, -0.2) is 0 Å². The Hall–Kier alpha value is -1.33. The Morgan fingerprint density at radius 2 is 2.32 bits per heavy atom. The SMILES string of the molecule is CN1CC(Nc2ccc(C(N)=S)c(Cl)c2)CCC1=O. The van der Waals surface area contributed by atoms with E-state index in [4.69, 9.17) is 29.6 Å². The van der Waals surface area contributed by atoms with Gasteiger partial charge in [0.05, 0.1) is 5.02 Å². The number of likely N-dealkylation sites (N-methyl/N-ethyl adjacent to an activating group) is 1. The Morgan fingerprint density at radius 3 is 2.89 bits per heavy atom. The van der Waals surface area contributed by atoms with Crippen molar-refractivity contribution in [3.63, 3.8) is 0 Å². The van der Waals surface area contributed by atoms with Crippen LogP contribution in [0.25, 0.3) is 0 Å². The van der Waals surface area contributed by atoms with E-state index < -0.39 is 0 Å². The van der Waals surface area contributed by atoms with Gasteiger partial charge in [-0.15, -0.1) is 0 Å². The summed E-state index contributed by atoms with van der Waals surface area (Å²) in [7, 11) is 1.82. The Balaban J connectivity index is 2.06. The van der Waals surface area contributed by atoms with E-state index in [9.17, 15) is 4.79 Å². The van der Waals surface area contributed by atoms with Gasteiger partial charge in [-0.2, -0.15) is 0 Å². The topological polar surface area (TPSA) is 58.4 Å². The number of halogens is 1. The first-order valence-corrected chi connectivity index (χ1v) is 6.86. The van der Waals surface area contributed by atoms with Crippen LogP contribution < -0.4 is 11.1 Å². The summed E-state index contributed by atoms with van der Waals surface area (Å²) in [5.74, 6) is 0.194. The summed E-state index contributed by atoms with van der Waals surface area (Å²) in [6.07, 6.45) is 1.41. The van der Waals surface area contributed by atoms with Gasteiger partial charge >= 0.3 is 0 Å². The minimum atomic E-state index is 0.194. The standard InChI is InChI=1S/C13H16ClN3OS/c1-17-7-9(3-5-12(17)18)16-8-2-4-10(13(15)19)11(14)6-8/h2,4,6,9,16H,3,5,7H2,1H3,(H2,15,19). The molecule has 1 aromatic rings. The fourth-order valence-corrected chi connectivity index (χ4v) is 2.69. The highest BCUT2D eigenvalue weighted by Crippen LogP contribution is 2.23.